The first kappa shape index (κ1) is 38.2. The summed E-state index contributed by atoms with van der Waals surface area (Å²) < 4.78 is 44.7. The number of carbonyl (C=O) groups is 1. The summed E-state index contributed by atoms with van der Waals surface area (Å²) in [6.45, 7) is 3.56. The van der Waals surface area contributed by atoms with E-state index in [2.05, 4.69) is 15.0 Å². The number of rotatable bonds is 8. The number of fused-ring (bicyclic) bond motifs is 7. The average molecular weight is 801 g/mol. The maximum absolute atomic E-state index is 14.1. The molecule has 4 aromatic carbocycles. The van der Waals surface area contributed by atoms with Crippen LogP contribution in [0.4, 0.5) is 4.39 Å². The molecular weight excluding hydrogens is 764 g/mol. The number of benzene rings is 4. The van der Waals surface area contributed by atoms with Crippen molar-refractivity contribution < 1.29 is 43.1 Å². The van der Waals surface area contributed by atoms with E-state index in [9.17, 15) is 19.4 Å². The summed E-state index contributed by atoms with van der Waals surface area (Å²) in [5.41, 5.74) is 5.69. The average Bonchev–Trinajstić information content (AvgIpc) is 3.61. The molecule has 2 N–H and O–H groups in total. The number of aryl methyl sites for hydroxylation is 2. The molecule has 14 heteroatoms. The maximum atomic E-state index is 14.1. The zero-order valence-electron chi connectivity index (χ0n) is 31.6. The third-order valence-corrected chi connectivity index (χ3v) is 10.8. The fraction of sp³-hybridized carbons (Fsp3) is 0.205. The second-order valence-corrected chi connectivity index (χ2v) is 14.6. The Balaban J connectivity index is 1.22. The zero-order valence-corrected chi connectivity index (χ0v) is 32.5. The highest BCUT2D eigenvalue weighted by Gasteiger charge is 2.29. The molecule has 0 saturated heterocycles. The number of hydrogen-bond acceptors (Lipinski definition) is 12. The molecule has 4 bridgehead atoms. The molecule has 2 atom stereocenters. The van der Waals surface area contributed by atoms with Gasteiger partial charge in [-0.3, -0.25) is 0 Å². The Morgan fingerprint density at radius 1 is 0.914 bits per heavy atom. The number of thiophene rings is 1. The Labute approximate surface area is 336 Å². The monoisotopic (exact) mass is 800 g/mol. The topological polar surface area (TPSA) is 155 Å². The first-order valence-electron chi connectivity index (χ1n) is 18.3. The fourth-order valence-corrected chi connectivity index (χ4v) is 8.12. The van der Waals surface area contributed by atoms with Crippen molar-refractivity contribution in [1.29, 1.82) is 0 Å². The molecule has 9 rings (SSSR count). The molecule has 294 valence electrons. The number of nitrogens with zero attached hydrogens (tertiary/aromatic N) is 4. The number of halogens is 1. The number of methoxy groups -OCH3 is 1. The lowest BCUT2D eigenvalue weighted by Gasteiger charge is -2.20. The second kappa shape index (κ2) is 16.5. The van der Waals surface area contributed by atoms with Crippen molar-refractivity contribution in [3.63, 3.8) is 0 Å². The third-order valence-electron chi connectivity index (χ3n) is 9.66. The van der Waals surface area contributed by atoms with E-state index in [0.29, 0.717) is 55.9 Å². The first-order chi connectivity index (χ1) is 28.2. The van der Waals surface area contributed by atoms with E-state index in [0.717, 1.165) is 32.7 Å². The standard InChI is InChI=1S/C44H37FN4O8S/c1-24-16-31-17-25(2)37(24)38-39-42(47-23-48-43(39)58-40(38)26-8-10-28(45)11-9-26)57-36(44(51)52)19-27-18-30(54-22-32(20-50)56-31)12-13-34(27)55-21-29-14-15-46-41(49-29)33-6-4-5-7-35(33)53-3/h4-18,23,32,36,50H,19-22H2,1-3H3,(H,51,52)/t32-,36-/m1/s1. The molecule has 2 aliphatic rings. The summed E-state index contributed by atoms with van der Waals surface area (Å²) in [6, 6.07) is 24.1. The van der Waals surface area contributed by atoms with Crippen molar-refractivity contribution in [2.75, 3.05) is 20.3 Å². The van der Waals surface area contributed by atoms with Gasteiger partial charge in [0.25, 0.3) is 0 Å². The van der Waals surface area contributed by atoms with Crippen LogP contribution in [0.3, 0.4) is 0 Å². The molecule has 58 heavy (non-hydrogen) atoms. The van der Waals surface area contributed by atoms with E-state index < -0.39 is 18.2 Å². The number of aliphatic carboxylic acids is 1. The quantitative estimate of drug-likeness (QED) is 0.153. The molecular formula is C44H37FN4O8S. The van der Waals surface area contributed by atoms with Crippen molar-refractivity contribution in [3.8, 4) is 61.8 Å². The van der Waals surface area contributed by atoms with Crippen molar-refractivity contribution in [3.05, 3.63) is 126 Å². The van der Waals surface area contributed by atoms with E-state index in [1.807, 2.05) is 50.2 Å². The smallest absolute Gasteiger partial charge is 0.345 e. The van der Waals surface area contributed by atoms with Crippen LogP contribution in [0.1, 0.15) is 22.4 Å². The van der Waals surface area contributed by atoms with Gasteiger partial charge >= 0.3 is 5.97 Å². The third kappa shape index (κ3) is 7.84. The molecule has 0 fully saturated rings. The van der Waals surface area contributed by atoms with Crippen LogP contribution < -0.4 is 23.7 Å². The van der Waals surface area contributed by atoms with Gasteiger partial charge in [0, 0.05) is 28.6 Å². The van der Waals surface area contributed by atoms with Crippen molar-refractivity contribution in [1.82, 2.24) is 19.9 Å². The van der Waals surface area contributed by atoms with Gasteiger partial charge in [-0.25, -0.2) is 29.1 Å². The Bertz CT molecular complexity index is 2610. The predicted molar refractivity (Wildman–Crippen MR) is 215 cm³/mol. The Morgan fingerprint density at radius 3 is 2.47 bits per heavy atom. The van der Waals surface area contributed by atoms with Crippen LogP contribution in [0.5, 0.6) is 28.9 Å². The van der Waals surface area contributed by atoms with Crippen LogP contribution in [0, 0.1) is 19.7 Å². The van der Waals surface area contributed by atoms with Crippen LogP contribution in [0.25, 0.3) is 43.2 Å². The van der Waals surface area contributed by atoms with Crippen molar-refractivity contribution in [2.24, 2.45) is 0 Å². The van der Waals surface area contributed by atoms with Crippen LogP contribution >= 0.6 is 11.3 Å². The highest BCUT2D eigenvalue weighted by molar-refractivity contribution is 7.22. The molecule has 5 heterocycles. The molecule has 3 aromatic heterocycles. The highest BCUT2D eigenvalue weighted by atomic mass is 32.1. The largest absolute Gasteiger partial charge is 0.496 e. The number of aliphatic hydroxyl groups is 1. The summed E-state index contributed by atoms with van der Waals surface area (Å²) in [5.74, 6) is 0.830. The summed E-state index contributed by atoms with van der Waals surface area (Å²) in [7, 11) is 1.58. The minimum Gasteiger partial charge on any atom is -0.496 e. The van der Waals surface area contributed by atoms with Crippen LogP contribution in [0.2, 0.25) is 0 Å². The summed E-state index contributed by atoms with van der Waals surface area (Å²) in [4.78, 5) is 32.6. The van der Waals surface area contributed by atoms with Crippen LogP contribution in [-0.2, 0) is 17.8 Å². The Kier molecular flexibility index (Phi) is 10.8. The minimum absolute atomic E-state index is 0.0115. The number of aromatic nitrogens is 4. The number of carboxylic acids is 1. The zero-order chi connectivity index (χ0) is 40.3. The molecule has 7 aromatic rings. The van der Waals surface area contributed by atoms with Crippen molar-refractivity contribution >= 4 is 27.5 Å². The molecule has 0 unspecified atom stereocenters. The van der Waals surface area contributed by atoms with Gasteiger partial charge in [0.05, 0.1) is 30.4 Å². The molecule has 0 aliphatic carbocycles. The Hall–Kier alpha value is -6.64. The lowest BCUT2D eigenvalue weighted by Crippen LogP contribution is -2.30. The lowest BCUT2D eigenvalue weighted by atomic mass is 9.92. The molecule has 12 nitrogen and oxygen atoms in total. The van der Waals surface area contributed by atoms with Gasteiger partial charge in [0.1, 0.15) is 53.2 Å². The lowest BCUT2D eigenvalue weighted by molar-refractivity contribution is -0.145. The summed E-state index contributed by atoms with van der Waals surface area (Å²) >= 11 is 1.37. The van der Waals surface area contributed by atoms with Gasteiger partial charge in [-0.15, -0.1) is 11.3 Å². The number of aliphatic hydroxyl groups excluding tert-OH is 1. The highest BCUT2D eigenvalue weighted by Crippen LogP contribution is 2.49. The summed E-state index contributed by atoms with van der Waals surface area (Å²) in [5, 5.41) is 21.5. The van der Waals surface area contributed by atoms with E-state index in [1.54, 1.807) is 49.7 Å². The SMILES string of the molecule is COc1ccccc1-c1nccc(COc2ccc3cc2C[C@H](C(=O)O)Oc2ncnc4sc(-c5ccc(F)cc5)c(c24)-c2c(C)cc(cc2C)O[C@H](CO)CO3)n1. The fourth-order valence-electron chi connectivity index (χ4n) is 6.98. The number of carboxylic acid groups (broad SMARTS) is 1. The normalized spacial score (nSPS) is 15.2. The second-order valence-electron chi connectivity index (χ2n) is 13.6. The molecule has 0 saturated carbocycles. The molecule has 2 aliphatic heterocycles. The van der Waals surface area contributed by atoms with Gasteiger partial charge in [-0.2, -0.15) is 0 Å². The van der Waals surface area contributed by atoms with Crippen LogP contribution in [0.15, 0.2) is 97.5 Å². The van der Waals surface area contributed by atoms with Crippen LogP contribution in [-0.4, -0.2) is 68.6 Å². The predicted octanol–water partition coefficient (Wildman–Crippen LogP) is 8.03. The van der Waals surface area contributed by atoms with Gasteiger partial charge in [0.15, 0.2) is 11.9 Å². The van der Waals surface area contributed by atoms with E-state index in [1.165, 1.54) is 29.8 Å². The maximum Gasteiger partial charge on any atom is 0.345 e. The van der Waals surface area contributed by atoms with E-state index in [-0.39, 0.29) is 37.9 Å². The molecule has 0 radical (unpaired) electrons. The van der Waals surface area contributed by atoms with E-state index >= 15 is 0 Å². The molecule has 0 spiro atoms. The van der Waals surface area contributed by atoms with Crippen molar-refractivity contribution in [2.45, 2.75) is 39.1 Å². The number of ether oxygens (including phenoxy) is 5. The van der Waals surface area contributed by atoms with E-state index in [4.69, 9.17) is 28.7 Å². The Morgan fingerprint density at radius 2 is 1.71 bits per heavy atom. The number of para-hydroxylation sites is 1. The van der Waals surface area contributed by atoms with Gasteiger partial charge in [-0.05, 0) is 96.8 Å². The number of hydrogen-bond donors (Lipinski definition) is 2. The van der Waals surface area contributed by atoms with Gasteiger partial charge < -0.3 is 33.9 Å². The summed E-state index contributed by atoms with van der Waals surface area (Å²) in [6.07, 6.45) is 0.642. The molecule has 0 amide bonds. The first-order valence-corrected chi connectivity index (χ1v) is 19.2. The van der Waals surface area contributed by atoms with Gasteiger partial charge in [0.2, 0.25) is 12.0 Å². The van der Waals surface area contributed by atoms with Gasteiger partial charge in [-0.1, -0.05) is 24.3 Å². The minimum atomic E-state index is -1.44.